The van der Waals surface area contributed by atoms with E-state index in [1.807, 2.05) is 18.7 Å². The maximum absolute atomic E-state index is 11.0. The van der Waals surface area contributed by atoms with Crippen LogP contribution in [0.4, 0.5) is 5.82 Å². The quantitative estimate of drug-likeness (QED) is 0.795. The lowest BCUT2D eigenvalue weighted by Gasteiger charge is -2.26. The van der Waals surface area contributed by atoms with Gasteiger partial charge >= 0.3 is 0 Å². The molecule has 0 bridgehead atoms. The van der Waals surface area contributed by atoms with Crippen LogP contribution in [-0.2, 0) is 4.79 Å². The second-order valence-electron chi connectivity index (χ2n) is 4.31. The highest BCUT2D eigenvalue weighted by atomic mass is 16.3. The fourth-order valence-electron chi connectivity index (χ4n) is 1.51. The summed E-state index contributed by atoms with van der Waals surface area (Å²) < 4.78 is 0. The first-order valence-corrected chi connectivity index (χ1v) is 5.60. The summed E-state index contributed by atoms with van der Waals surface area (Å²) >= 11 is 0. The monoisotopic (exact) mass is 237 g/mol. The molecule has 1 heterocycles. The van der Waals surface area contributed by atoms with Crippen molar-refractivity contribution in [2.75, 3.05) is 11.4 Å². The number of aliphatic hydroxyl groups excluding tert-OH is 1. The van der Waals surface area contributed by atoms with Gasteiger partial charge in [0.15, 0.2) is 0 Å². The molecule has 1 aromatic rings. The summed E-state index contributed by atoms with van der Waals surface area (Å²) in [6.45, 7) is 5.75. The topological polar surface area (TPSA) is 79.5 Å². The standard InChI is InChI=1S/C12H19N3O2/c1-8(2)15(7-11(13)17)12-5-4-10(6-14-12)9(3)16/h4-6,8-9,16H,7H2,1-3H3,(H2,13,17). The maximum atomic E-state index is 11.0. The molecule has 3 N–H and O–H groups in total. The highest BCUT2D eigenvalue weighted by Crippen LogP contribution is 2.17. The van der Waals surface area contributed by atoms with Gasteiger partial charge in [-0.05, 0) is 32.4 Å². The molecule has 94 valence electrons. The molecule has 0 fully saturated rings. The number of pyridine rings is 1. The highest BCUT2D eigenvalue weighted by Gasteiger charge is 2.14. The van der Waals surface area contributed by atoms with Crippen molar-refractivity contribution in [3.63, 3.8) is 0 Å². The van der Waals surface area contributed by atoms with Gasteiger partial charge in [-0.2, -0.15) is 0 Å². The summed E-state index contributed by atoms with van der Waals surface area (Å²) in [4.78, 5) is 17.0. The SMILES string of the molecule is CC(O)c1ccc(N(CC(N)=O)C(C)C)nc1. The third kappa shape index (κ3) is 3.71. The van der Waals surface area contributed by atoms with Crippen molar-refractivity contribution >= 4 is 11.7 Å². The number of amides is 1. The molecular weight excluding hydrogens is 218 g/mol. The Morgan fingerprint density at radius 2 is 2.12 bits per heavy atom. The number of nitrogens with zero attached hydrogens (tertiary/aromatic N) is 2. The van der Waals surface area contributed by atoms with E-state index in [0.717, 1.165) is 5.56 Å². The lowest BCUT2D eigenvalue weighted by Crippen LogP contribution is -2.39. The molecule has 1 amide bonds. The molecule has 0 saturated heterocycles. The number of carbonyl (C=O) groups excluding carboxylic acids is 1. The summed E-state index contributed by atoms with van der Waals surface area (Å²) in [5.74, 6) is 0.295. The first-order chi connectivity index (χ1) is 7.91. The number of aliphatic hydroxyl groups is 1. The molecular formula is C12H19N3O2. The van der Waals surface area contributed by atoms with Crippen LogP contribution in [0.2, 0.25) is 0 Å². The average Bonchev–Trinajstić information content (AvgIpc) is 2.25. The third-order valence-corrected chi connectivity index (χ3v) is 2.50. The Bertz CT molecular complexity index is 374. The van der Waals surface area contributed by atoms with Gasteiger partial charge in [0.2, 0.25) is 5.91 Å². The Morgan fingerprint density at radius 1 is 1.47 bits per heavy atom. The van der Waals surface area contributed by atoms with E-state index in [1.165, 1.54) is 0 Å². The summed E-state index contributed by atoms with van der Waals surface area (Å²) in [7, 11) is 0. The molecule has 5 nitrogen and oxygen atoms in total. The predicted molar refractivity (Wildman–Crippen MR) is 66.5 cm³/mol. The molecule has 0 spiro atoms. The van der Waals surface area contributed by atoms with Crippen LogP contribution in [-0.4, -0.2) is 28.6 Å². The zero-order valence-electron chi connectivity index (χ0n) is 10.4. The second kappa shape index (κ2) is 5.63. The number of primary amides is 1. The van der Waals surface area contributed by atoms with E-state index < -0.39 is 6.10 Å². The zero-order chi connectivity index (χ0) is 13.0. The van der Waals surface area contributed by atoms with Gasteiger partial charge in [0, 0.05) is 12.2 Å². The van der Waals surface area contributed by atoms with Crippen LogP contribution in [0.5, 0.6) is 0 Å². The van der Waals surface area contributed by atoms with Gasteiger partial charge in [-0.3, -0.25) is 4.79 Å². The van der Waals surface area contributed by atoms with Crippen molar-refractivity contribution in [1.82, 2.24) is 4.98 Å². The molecule has 1 unspecified atom stereocenters. The Balaban J connectivity index is 2.91. The first-order valence-electron chi connectivity index (χ1n) is 5.60. The van der Waals surface area contributed by atoms with E-state index in [1.54, 1.807) is 25.3 Å². The van der Waals surface area contributed by atoms with Gasteiger partial charge in [0.1, 0.15) is 5.82 Å². The van der Waals surface area contributed by atoms with Crippen molar-refractivity contribution in [2.45, 2.75) is 32.9 Å². The highest BCUT2D eigenvalue weighted by molar-refractivity contribution is 5.79. The van der Waals surface area contributed by atoms with Crippen LogP contribution in [0, 0.1) is 0 Å². The van der Waals surface area contributed by atoms with Gasteiger partial charge in [-0.15, -0.1) is 0 Å². The number of hydrogen-bond donors (Lipinski definition) is 2. The predicted octanol–water partition coefficient (Wildman–Crippen LogP) is 0.835. The average molecular weight is 237 g/mol. The van der Waals surface area contributed by atoms with Crippen molar-refractivity contribution < 1.29 is 9.90 Å². The van der Waals surface area contributed by atoms with Crippen LogP contribution in [0.3, 0.4) is 0 Å². The van der Waals surface area contributed by atoms with E-state index in [2.05, 4.69) is 4.98 Å². The first kappa shape index (κ1) is 13.4. The van der Waals surface area contributed by atoms with Crippen LogP contribution in [0.25, 0.3) is 0 Å². The molecule has 0 aliphatic rings. The lowest BCUT2D eigenvalue weighted by molar-refractivity contribution is -0.116. The van der Waals surface area contributed by atoms with Crippen molar-refractivity contribution in [3.05, 3.63) is 23.9 Å². The van der Waals surface area contributed by atoms with Gasteiger partial charge in [0.25, 0.3) is 0 Å². The number of nitrogens with two attached hydrogens (primary N) is 1. The summed E-state index contributed by atoms with van der Waals surface area (Å²) in [5, 5.41) is 9.38. The second-order valence-corrected chi connectivity index (χ2v) is 4.31. The van der Waals surface area contributed by atoms with Crippen molar-refractivity contribution in [3.8, 4) is 0 Å². The number of aromatic nitrogens is 1. The Hall–Kier alpha value is -1.62. The van der Waals surface area contributed by atoms with E-state index in [-0.39, 0.29) is 18.5 Å². The van der Waals surface area contributed by atoms with Crippen LogP contribution >= 0.6 is 0 Å². The molecule has 1 atom stereocenters. The normalized spacial score (nSPS) is 12.5. The summed E-state index contributed by atoms with van der Waals surface area (Å²) in [6, 6.07) is 3.71. The molecule has 0 aliphatic carbocycles. The Labute approximate surface area is 101 Å². The van der Waals surface area contributed by atoms with Gasteiger partial charge in [-0.1, -0.05) is 6.07 Å². The molecule has 0 saturated carbocycles. The Kier molecular flexibility index (Phi) is 4.45. The third-order valence-electron chi connectivity index (χ3n) is 2.50. The van der Waals surface area contributed by atoms with Crippen molar-refractivity contribution in [1.29, 1.82) is 0 Å². The van der Waals surface area contributed by atoms with Gasteiger partial charge in [0.05, 0.1) is 12.6 Å². The number of carbonyl (C=O) groups is 1. The van der Waals surface area contributed by atoms with E-state index in [9.17, 15) is 9.90 Å². The van der Waals surface area contributed by atoms with Crippen LogP contribution in [0.1, 0.15) is 32.4 Å². The minimum Gasteiger partial charge on any atom is -0.389 e. The summed E-state index contributed by atoms with van der Waals surface area (Å²) in [5.41, 5.74) is 5.95. The molecule has 1 aromatic heterocycles. The Morgan fingerprint density at radius 3 is 2.47 bits per heavy atom. The minimum absolute atomic E-state index is 0.132. The van der Waals surface area contributed by atoms with Crippen molar-refractivity contribution in [2.24, 2.45) is 5.73 Å². The van der Waals surface area contributed by atoms with E-state index in [0.29, 0.717) is 5.82 Å². The number of rotatable bonds is 5. The fourth-order valence-corrected chi connectivity index (χ4v) is 1.51. The van der Waals surface area contributed by atoms with Gasteiger partial charge in [-0.25, -0.2) is 4.98 Å². The molecule has 0 radical (unpaired) electrons. The molecule has 1 rings (SSSR count). The maximum Gasteiger partial charge on any atom is 0.237 e. The minimum atomic E-state index is -0.541. The van der Waals surface area contributed by atoms with Crippen LogP contribution in [0.15, 0.2) is 18.3 Å². The van der Waals surface area contributed by atoms with Crippen LogP contribution < -0.4 is 10.6 Å². The zero-order valence-corrected chi connectivity index (χ0v) is 10.4. The molecule has 17 heavy (non-hydrogen) atoms. The fraction of sp³-hybridized carbons (Fsp3) is 0.500. The van der Waals surface area contributed by atoms with Gasteiger partial charge < -0.3 is 15.7 Å². The largest absolute Gasteiger partial charge is 0.389 e. The lowest BCUT2D eigenvalue weighted by atomic mass is 10.2. The van der Waals surface area contributed by atoms with E-state index in [4.69, 9.17) is 5.73 Å². The smallest absolute Gasteiger partial charge is 0.237 e. The van der Waals surface area contributed by atoms with E-state index >= 15 is 0 Å². The molecule has 5 heteroatoms. The number of hydrogen-bond acceptors (Lipinski definition) is 4. The molecule has 0 aliphatic heterocycles. The molecule has 0 aromatic carbocycles. The number of anilines is 1. The summed E-state index contributed by atoms with van der Waals surface area (Å²) in [6.07, 6.45) is 1.07.